The Hall–Kier alpha value is -1.33. The Bertz CT molecular complexity index is 505. The van der Waals surface area contributed by atoms with Gasteiger partial charge in [-0.15, -0.1) is 0 Å². The number of urea groups is 1. The lowest BCUT2D eigenvalue weighted by atomic mass is 9.85. The fourth-order valence-corrected chi connectivity index (χ4v) is 3.06. The van der Waals surface area contributed by atoms with Crippen LogP contribution < -0.4 is 10.6 Å². The van der Waals surface area contributed by atoms with Crippen molar-refractivity contribution in [1.29, 1.82) is 0 Å². The van der Waals surface area contributed by atoms with Crippen LogP contribution in [-0.2, 0) is 0 Å². The number of halogens is 1. The number of anilines is 1. The molecule has 1 aliphatic carbocycles. The lowest BCUT2D eigenvalue weighted by molar-refractivity contribution is 0.00755. The molecule has 0 radical (unpaired) electrons. The van der Waals surface area contributed by atoms with Gasteiger partial charge in [0.1, 0.15) is 0 Å². The quantitative estimate of drug-likeness (QED) is 0.751. The molecule has 0 saturated heterocycles. The van der Waals surface area contributed by atoms with E-state index in [1.54, 1.807) is 0 Å². The number of rotatable bonds is 3. The number of hydrogen-bond donors (Lipinski definition) is 3. The number of carbonyl (C=O) groups is 1. The molecule has 0 atom stereocenters. The van der Waals surface area contributed by atoms with Crippen LogP contribution in [0.1, 0.15) is 43.4 Å². The third kappa shape index (κ3) is 4.32. The van der Waals surface area contributed by atoms with E-state index in [4.69, 9.17) is 11.6 Å². The van der Waals surface area contributed by atoms with Crippen molar-refractivity contribution < 1.29 is 9.90 Å². The summed E-state index contributed by atoms with van der Waals surface area (Å²) in [4.78, 5) is 16.1. The number of hydrogen-bond acceptors (Lipinski definition) is 3. The van der Waals surface area contributed by atoms with E-state index in [2.05, 4.69) is 15.6 Å². The molecule has 6 heteroatoms. The standard InChI is InChI=1S/C15H22ClN3O2/c1-10-8-11(2)18-13(16)12(10)19-14(20)17-9-15(21)6-4-3-5-7-15/h8,21H,3-7,9H2,1-2H3,(H2,17,19,20). The van der Waals surface area contributed by atoms with Gasteiger partial charge in [0.25, 0.3) is 0 Å². The molecular formula is C15H22ClN3O2. The van der Waals surface area contributed by atoms with Gasteiger partial charge in [0.2, 0.25) is 0 Å². The zero-order chi connectivity index (χ0) is 15.5. The first kappa shape index (κ1) is 16.0. The number of aryl methyl sites for hydroxylation is 2. The van der Waals surface area contributed by atoms with Crippen molar-refractivity contribution in [1.82, 2.24) is 10.3 Å². The molecular weight excluding hydrogens is 290 g/mol. The predicted octanol–water partition coefficient (Wildman–Crippen LogP) is 3.17. The first-order valence-electron chi connectivity index (χ1n) is 7.31. The third-order valence-electron chi connectivity index (χ3n) is 3.90. The number of nitrogens with one attached hydrogen (secondary N) is 2. The van der Waals surface area contributed by atoms with Crippen molar-refractivity contribution in [2.24, 2.45) is 0 Å². The number of pyridine rings is 1. The second-order valence-electron chi connectivity index (χ2n) is 5.84. The summed E-state index contributed by atoms with van der Waals surface area (Å²) in [7, 11) is 0. The smallest absolute Gasteiger partial charge is 0.319 e. The van der Waals surface area contributed by atoms with Gasteiger partial charge < -0.3 is 15.7 Å². The van der Waals surface area contributed by atoms with Crippen LogP contribution in [0, 0.1) is 13.8 Å². The summed E-state index contributed by atoms with van der Waals surface area (Å²) >= 11 is 6.05. The normalized spacial score (nSPS) is 17.3. The molecule has 2 rings (SSSR count). The maximum Gasteiger partial charge on any atom is 0.319 e. The highest BCUT2D eigenvalue weighted by atomic mass is 35.5. The van der Waals surface area contributed by atoms with Gasteiger partial charge in [-0.3, -0.25) is 0 Å². The van der Waals surface area contributed by atoms with E-state index in [9.17, 15) is 9.90 Å². The molecule has 21 heavy (non-hydrogen) atoms. The van der Waals surface area contributed by atoms with Crippen LogP contribution in [0.15, 0.2) is 6.07 Å². The molecule has 1 aromatic rings. The number of aromatic nitrogens is 1. The number of aliphatic hydroxyl groups is 1. The topological polar surface area (TPSA) is 74.2 Å². The molecule has 3 N–H and O–H groups in total. The van der Waals surface area contributed by atoms with E-state index in [-0.39, 0.29) is 17.7 Å². The second-order valence-corrected chi connectivity index (χ2v) is 6.20. The van der Waals surface area contributed by atoms with Gasteiger partial charge in [-0.2, -0.15) is 0 Å². The Balaban J connectivity index is 1.93. The van der Waals surface area contributed by atoms with Gasteiger partial charge in [0, 0.05) is 12.2 Å². The Labute approximate surface area is 130 Å². The van der Waals surface area contributed by atoms with Crippen LogP contribution in [0.3, 0.4) is 0 Å². The summed E-state index contributed by atoms with van der Waals surface area (Å²) in [5, 5.41) is 16.1. The Morgan fingerprint density at radius 3 is 2.67 bits per heavy atom. The summed E-state index contributed by atoms with van der Waals surface area (Å²) in [6.07, 6.45) is 4.63. The highest BCUT2D eigenvalue weighted by Crippen LogP contribution is 2.27. The molecule has 0 aliphatic heterocycles. The molecule has 0 unspecified atom stereocenters. The zero-order valence-corrected chi connectivity index (χ0v) is 13.3. The summed E-state index contributed by atoms with van der Waals surface area (Å²) in [5.41, 5.74) is 1.40. The van der Waals surface area contributed by atoms with E-state index >= 15 is 0 Å². The van der Waals surface area contributed by atoms with E-state index in [1.165, 1.54) is 0 Å². The lowest BCUT2D eigenvalue weighted by Crippen LogP contribution is -2.45. The van der Waals surface area contributed by atoms with Gasteiger partial charge in [-0.1, -0.05) is 30.9 Å². The molecule has 1 saturated carbocycles. The predicted molar refractivity (Wildman–Crippen MR) is 83.8 cm³/mol. The third-order valence-corrected chi connectivity index (χ3v) is 4.17. The summed E-state index contributed by atoms with van der Waals surface area (Å²) in [5.74, 6) is 0. The maximum atomic E-state index is 12.0. The van der Waals surface area contributed by atoms with Crippen LogP contribution >= 0.6 is 11.6 Å². The molecule has 0 bridgehead atoms. The SMILES string of the molecule is Cc1cc(C)c(NC(=O)NCC2(O)CCCCC2)c(Cl)n1. The average molecular weight is 312 g/mol. The highest BCUT2D eigenvalue weighted by Gasteiger charge is 2.29. The van der Waals surface area contributed by atoms with Crippen molar-refractivity contribution in [2.75, 3.05) is 11.9 Å². The molecule has 5 nitrogen and oxygen atoms in total. The van der Waals surface area contributed by atoms with Crippen LogP contribution in [0.25, 0.3) is 0 Å². The van der Waals surface area contributed by atoms with Crippen LogP contribution in [0.5, 0.6) is 0 Å². The van der Waals surface area contributed by atoms with Crippen molar-refractivity contribution >= 4 is 23.3 Å². The Kier molecular flexibility index (Phi) is 5.06. The molecule has 2 amide bonds. The van der Waals surface area contributed by atoms with Crippen molar-refractivity contribution in [3.63, 3.8) is 0 Å². The highest BCUT2D eigenvalue weighted by molar-refractivity contribution is 6.32. The van der Waals surface area contributed by atoms with Crippen molar-refractivity contribution in [3.8, 4) is 0 Å². The van der Waals surface area contributed by atoms with E-state index < -0.39 is 5.60 Å². The van der Waals surface area contributed by atoms with Crippen LogP contribution in [0.2, 0.25) is 5.15 Å². The van der Waals surface area contributed by atoms with Crippen molar-refractivity contribution in [3.05, 3.63) is 22.5 Å². The molecule has 0 aromatic carbocycles. The first-order valence-corrected chi connectivity index (χ1v) is 7.68. The van der Waals surface area contributed by atoms with Crippen LogP contribution in [0.4, 0.5) is 10.5 Å². The fourth-order valence-electron chi connectivity index (χ4n) is 2.73. The molecule has 0 spiro atoms. The monoisotopic (exact) mass is 311 g/mol. The Morgan fingerprint density at radius 2 is 2.05 bits per heavy atom. The minimum absolute atomic E-state index is 0.259. The van der Waals surface area contributed by atoms with Gasteiger partial charge in [-0.25, -0.2) is 9.78 Å². The van der Waals surface area contributed by atoms with Crippen LogP contribution in [-0.4, -0.2) is 28.3 Å². The molecule has 1 aromatic heterocycles. The lowest BCUT2D eigenvalue weighted by Gasteiger charge is -2.32. The molecule has 1 fully saturated rings. The average Bonchev–Trinajstić information content (AvgIpc) is 2.41. The van der Waals surface area contributed by atoms with E-state index in [1.807, 2.05) is 19.9 Å². The number of amides is 2. The summed E-state index contributed by atoms with van der Waals surface area (Å²) in [6, 6.07) is 1.49. The zero-order valence-electron chi connectivity index (χ0n) is 12.5. The largest absolute Gasteiger partial charge is 0.388 e. The number of carbonyl (C=O) groups excluding carboxylic acids is 1. The summed E-state index contributed by atoms with van der Waals surface area (Å²) in [6.45, 7) is 3.97. The Morgan fingerprint density at radius 1 is 1.38 bits per heavy atom. The second kappa shape index (κ2) is 6.62. The molecule has 1 aliphatic rings. The van der Waals surface area contributed by atoms with E-state index in [0.29, 0.717) is 5.69 Å². The van der Waals surface area contributed by atoms with Crippen molar-refractivity contribution in [2.45, 2.75) is 51.6 Å². The summed E-state index contributed by atoms with van der Waals surface area (Å²) < 4.78 is 0. The van der Waals surface area contributed by atoms with Gasteiger partial charge in [0.15, 0.2) is 5.15 Å². The molecule has 116 valence electrons. The number of nitrogens with zero attached hydrogens (tertiary/aromatic N) is 1. The first-order chi connectivity index (χ1) is 9.89. The minimum atomic E-state index is -0.778. The minimum Gasteiger partial charge on any atom is -0.388 e. The fraction of sp³-hybridized carbons (Fsp3) is 0.600. The van der Waals surface area contributed by atoms with Gasteiger partial charge >= 0.3 is 6.03 Å². The molecule has 1 heterocycles. The van der Waals surface area contributed by atoms with Gasteiger partial charge in [-0.05, 0) is 38.3 Å². The maximum absolute atomic E-state index is 12.0. The van der Waals surface area contributed by atoms with E-state index in [0.717, 1.165) is 43.4 Å². The van der Waals surface area contributed by atoms with Gasteiger partial charge in [0.05, 0.1) is 11.3 Å².